The van der Waals surface area contributed by atoms with Crippen molar-refractivity contribution >= 4 is 6.09 Å². The number of benzene rings is 1. The summed E-state index contributed by atoms with van der Waals surface area (Å²) in [5, 5.41) is 0. The highest BCUT2D eigenvalue weighted by atomic mass is 16.6. The Balaban J connectivity index is 1.22. The predicted molar refractivity (Wildman–Crippen MR) is 92.7 cm³/mol. The summed E-state index contributed by atoms with van der Waals surface area (Å²) in [4.78, 5) is 14.7. The Hall–Kier alpha value is -1.51. The monoisotopic (exact) mass is 325 g/mol. The number of carbonyl (C=O) groups excluding carboxylic acids is 1. The van der Waals surface area contributed by atoms with Crippen LogP contribution >= 0.6 is 0 Å². The van der Waals surface area contributed by atoms with Gasteiger partial charge < -0.3 is 9.64 Å². The summed E-state index contributed by atoms with van der Waals surface area (Å²) in [5.74, 6) is 3.63. The van der Waals surface area contributed by atoms with Crippen molar-refractivity contribution in [1.82, 2.24) is 4.90 Å². The maximum Gasteiger partial charge on any atom is 0.410 e. The molecule has 1 unspecified atom stereocenters. The molecule has 1 aromatic carbocycles. The van der Waals surface area contributed by atoms with Crippen LogP contribution in [0.3, 0.4) is 0 Å². The first-order chi connectivity index (χ1) is 11.8. The Morgan fingerprint density at radius 1 is 0.958 bits per heavy atom. The van der Waals surface area contributed by atoms with Crippen molar-refractivity contribution in [3.63, 3.8) is 0 Å². The molecule has 0 spiro atoms. The Kier molecular flexibility index (Phi) is 3.57. The SMILES string of the molecule is O=C(OC1C2CC3CC(C2)CC1C3)N1CCC(c2ccccc2)C1. The lowest BCUT2D eigenvalue weighted by Crippen LogP contribution is -2.51. The van der Waals surface area contributed by atoms with Crippen molar-refractivity contribution in [2.75, 3.05) is 13.1 Å². The van der Waals surface area contributed by atoms with E-state index in [1.54, 1.807) is 0 Å². The molecule has 1 aromatic rings. The van der Waals surface area contributed by atoms with E-state index in [1.807, 2.05) is 4.90 Å². The highest BCUT2D eigenvalue weighted by molar-refractivity contribution is 5.68. The lowest BCUT2D eigenvalue weighted by Gasteiger charge is -2.53. The van der Waals surface area contributed by atoms with Crippen molar-refractivity contribution in [3.05, 3.63) is 35.9 Å². The summed E-state index contributed by atoms with van der Waals surface area (Å²) in [6.07, 6.45) is 7.87. The Morgan fingerprint density at radius 3 is 2.29 bits per heavy atom. The average molecular weight is 325 g/mol. The van der Waals surface area contributed by atoms with Crippen LogP contribution < -0.4 is 0 Å². The average Bonchev–Trinajstić information content (AvgIpc) is 3.08. The molecule has 1 heterocycles. The van der Waals surface area contributed by atoms with Gasteiger partial charge in [-0.3, -0.25) is 0 Å². The molecular weight excluding hydrogens is 298 g/mol. The summed E-state index contributed by atoms with van der Waals surface area (Å²) in [7, 11) is 0. The maximum atomic E-state index is 12.7. The molecule has 5 aliphatic rings. The van der Waals surface area contributed by atoms with Gasteiger partial charge in [0, 0.05) is 19.0 Å². The number of likely N-dealkylation sites (tertiary alicyclic amines) is 1. The van der Waals surface area contributed by atoms with Crippen LogP contribution in [0.15, 0.2) is 30.3 Å². The fraction of sp³-hybridized carbons (Fsp3) is 0.667. The van der Waals surface area contributed by atoms with Crippen LogP contribution in [0, 0.1) is 23.7 Å². The third-order valence-corrected chi connectivity index (χ3v) is 7.09. The number of hydrogen-bond acceptors (Lipinski definition) is 2. The zero-order chi connectivity index (χ0) is 16.1. The molecule has 6 rings (SSSR count). The minimum atomic E-state index is -0.0501. The molecular formula is C21H27NO2. The quantitative estimate of drug-likeness (QED) is 0.804. The van der Waals surface area contributed by atoms with Crippen molar-refractivity contribution in [3.8, 4) is 0 Å². The number of amides is 1. The van der Waals surface area contributed by atoms with Crippen LogP contribution in [0.2, 0.25) is 0 Å². The van der Waals surface area contributed by atoms with E-state index in [9.17, 15) is 4.79 Å². The third-order valence-electron chi connectivity index (χ3n) is 7.09. The van der Waals surface area contributed by atoms with Gasteiger partial charge in [0.15, 0.2) is 0 Å². The van der Waals surface area contributed by atoms with Crippen LogP contribution in [-0.4, -0.2) is 30.2 Å². The minimum absolute atomic E-state index is 0.0501. The maximum absolute atomic E-state index is 12.7. The molecule has 0 N–H and O–H groups in total. The Labute approximate surface area is 144 Å². The Bertz CT molecular complexity index is 586. The first kappa shape index (κ1) is 14.8. The molecule has 1 saturated heterocycles. The molecule has 1 atom stereocenters. The topological polar surface area (TPSA) is 29.5 Å². The fourth-order valence-electron chi connectivity index (χ4n) is 6.18. The molecule has 24 heavy (non-hydrogen) atoms. The number of nitrogens with zero attached hydrogens (tertiary/aromatic N) is 1. The normalized spacial score (nSPS) is 40.1. The standard InChI is InChI=1S/C21H27NO2/c23-21(22-7-6-17(13-22)16-4-2-1-3-5-16)24-20-18-9-14-8-15(11-18)12-19(20)10-14/h1-5,14-15,17-20H,6-13H2. The van der Waals surface area contributed by atoms with Gasteiger partial charge in [-0.1, -0.05) is 30.3 Å². The zero-order valence-corrected chi connectivity index (χ0v) is 14.3. The number of carbonyl (C=O) groups is 1. The second-order valence-corrected chi connectivity index (χ2v) is 8.62. The van der Waals surface area contributed by atoms with Gasteiger partial charge in [-0.2, -0.15) is 0 Å². The van der Waals surface area contributed by atoms with Gasteiger partial charge >= 0.3 is 6.09 Å². The van der Waals surface area contributed by atoms with Gasteiger partial charge in [0.2, 0.25) is 0 Å². The highest BCUT2D eigenvalue weighted by Gasteiger charge is 2.50. The van der Waals surface area contributed by atoms with Crippen molar-refractivity contribution in [2.24, 2.45) is 23.7 Å². The predicted octanol–water partition coefficient (Wildman–Crippen LogP) is 4.44. The van der Waals surface area contributed by atoms with E-state index in [-0.39, 0.29) is 12.2 Å². The van der Waals surface area contributed by atoms with Gasteiger partial charge in [-0.05, 0) is 67.8 Å². The molecule has 4 saturated carbocycles. The number of hydrogen-bond donors (Lipinski definition) is 0. The first-order valence-corrected chi connectivity index (χ1v) is 9.77. The molecule has 0 aromatic heterocycles. The second kappa shape index (κ2) is 5.79. The molecule has 0 radical (unpaired) electrons. The summed E-state index contributed by atoms with van der Waals surface area (Å²) in [6.45, 7) is 1.65. The van der Waals surface area contributed by atoms with Crippen molar-refractivity contribution in [1.29, 1.82) is 0 Å². The van der Waals surface area contributed by atoms with E-state index in [0.717, 1.165) is 31.3 Å². The van der Waals surface area contributed by atoms with Gasteiger partial charge in [-0.15, -0.1) is 0 Å². The fourth-order valence-corrected chi connectivity index (χ4v) is 6.18. The first-order valence-electron chi connectivity index (χ1n) is 9.77. The van der Waals surface area contributed by atoms with E-state index in [0.29, 0.717) is 17.8 Å². The van der Waals surface area contributed by atoms with Crippen LogP contribution in [0.25, 0.3) is 0 Å². The summed E-state index contributed by atoms with van der Waals surface area (Å²) >= 11 is 0. The van der Waals surface area contributed by atoms with Crippen LogP contribution in [0.1, 0.15) is 50.0 Å². The number of ether oxygens (including phenoxy) is 1. The van der Waals surface area contributed by atoms with Crippen LogP contribution in [-0.2, 0) is 4.74 Å². The van der Waals surface area contributed by atoms with Gasteiger partial charge in [0.1, 0.15) is 6.10 Å². The van der Waals surface area contributed by atoms with Gasteiger partial charge in [-0.25, -0.2) is 4.79 Å². The van der Waals surface area contributed by atoms with E-state index >= 15 is 0 Å². The molecule has 4 bridgehead atoms. The summed E-state index contributed by atoms with van der Waals surface area (Å²) in [5.41, 5.74) is 1.35. The van der Waals surface area contributed by atoms with Gasteiger partial charge in [0.05, 0.1) is 0 Å². The Morgan fingerprint density at radius 2 is 1.62 bits per heavy atom. The molecule has 128 valence electrons. The van der Waals surface area contributed by atoms with Crippen LogP contribution in [0.5, 0.6) is 0 Å². The minimum Gasteiger partial charge on any atom is -0.446 e. The molecule has 3 heteroatoms. The molecule has 1 aliphatic heterocycles. The van der Waals surface area contributed by atoms with Gasteiger partial charge in [0.25, 0.3) is 0 Å². The largest absolute Gasteiger partial charge is 0.446 e. The smallest absolute Gasteiger partial charge is 0.410 e. The molecule has 3 nitrogen and oxygen atoms in total. The lowest BCUT2D eigenvalue weighted by atomic mass is 9.55. The van der Waals surface area contributed by atoms with E-state index in [1.165, 1.54) is 37.7 Å². The van der Waals surface area contributed by atoms with Crippen LogP contribution in [0.4, 0.5) is 4.79 Å². The van der Waals surface area contributed by atoms with E-state index in [2.05, 4.69) is 30.3 Å². The molecule has 5 fully saturated rings. The summed E-state index contributed by atoms with van der Waals surface area (Å²) in [6, 6.07) is 10.6. The van der Waals surface area contributed by atoms with E-state index < -0.39 is 0 Å². The lowest BCUT2D eigenvalue weighted by molar-refractivity contribution is -0.101. The highest BCUT2D eigenvalue weighted by Crippen LogP contribution is 2.54. The van der Waals surface area contributed by atoms with E-state index in [4.69, 9.17) is 4.74 Å². The third kappa shape index (κ3) is 2.53. The molecule has 4 aliphatic carbocycles. The van der Waals surface area contributed by atoms with Crippen molar-refractivity contribution < 1.29 is 9.53 Å². The zero-order valence-electron chi connectivity index (χ0n) is 14.3. The molecule has 1 amide bonds. The second-order valence-electron chi connectivity index (χ2n) is 8.62. The summed E-state index contributed by atoms with van der Waals surface area (Å²) < 4.78 is 6.08. The van der Waals surface area contributed by atoms with Crippen molar-refractivity contribution in [2.45, 2.75) is 50.5 Å². The number of rotatable bonds is 2.